The van der Waals surface area contributed by atoms with Crippen molar-refractivity contribution in [2.75, 3.05) is 32.9 Å². The molecule has 0 aromatic heterocycles. The average molecular weight is 314 g/mol. The van der Waals surface area contributed by atoms with Crippen molar-refractivity contribution in [3.63, 3.8) is 0 Å². The van der Waals surface area contributed by atoms with Crippen LogP contribution in [0.25, 0.3) is 0 Å². The van der Waals surface area contributed by atoms with E-state index in [0.717, 1.165) is 25.3 Å². The maximum atomic E-state index is 11.6. The molecule has 1 aliphatic heterocycles. The molecule has 2 aliphatic rings. The molecule has 0 aromatic rings. The van der Waals surface area contributed by atoms with Gasteiger partial charge in [0.1, 0.15) is 0 Å². The second-order valence-electron chi connectivity index (χ2n) is 6.94. The van der Waals surface area contributed by atoms with Crippen molar-refractivity contribution in [3.05, 3.63) is 11.6 Å². The smallest absolute Gasteiger partial charge is 0.211 e. The van der Waals surface area contributed by atoms with Gasteiger partial charge in [-0.05, 0) is 51.5 Å². The Morgan fingerprint density at radius 1 is 1.29 bits per heavy atom. The molecule has 1 heterocycles. The quantitative estimate of drug-likeness (QED) is 0.748. The van der Waals surface area contributed by atoms with E-state index in [1.54, 1.807) is 4.31 Å². The largest absolute Gasteiger partial charge is 0.303 e. The molecule has 2 atom stereocenters. The fraction of sp³-hybridized carbons (Fsp3) is 0.875. The van der Waals surface area contributed by atoms with E-state index in [0.29, 0.717) is 25.0 Å². The Labute approximate surface area is 130 Å². The van der Waals surface area contributed by atoms with E-state index in [2.05, 4.69) is 31.9 Å². The molecule has 4 nitrogen and oxygen atoms in total. The van der Waals surface area contributed by atoms with Crippen molar-refractivity contribution in [1.82, 2.24) is 9.21 Å². The van der Waals surface area contributed by atoms with Crippen LogP contribution in [0, 0.1) is 11.8 Å². The molecule has 0 unspecified atom stereocenters. The highest BCUT2D eigenvalue weighted by Crippen LogP contribution is 2.31. The Balaban J connectivity index is 1.89. The van der Waals surface area contributed by atoms with Gasteiger partial charge in [0.25, 0.3) is 0 Å². The van der Waals surface area contributed by atoms with E-state index < -0.39 is 10.0 Å². The van der Waals surface area contributed by atoms with E-state index in [9.17, 15) is 8.42 Å². The van der Waals surface area contributed by atoms with Gasteiger partial charge in [0.2, 0.25) is 10.0 Å². The Bertz CT molecular complexity index is 479. The van der Waals surface area contributed by atoms with Gasteiger partial charge < -0.3 is 4.90 Å². The molecule has 21 heavy (non-hydrogen) atoms. The standard InChI is InChI=1S/C16H30N2O2S/c1-13-6-5-7-14(2)16(13)12-17(3)15-8-10-18(11-9-15)21(4,19)20/h6,14-16H,5,7-12H2,1-4H3/t14-,16-/m1/s1. The summed E-state index contributed by atoms with van der Waals surface area (Å²) in [7, 11) is -0.810. The first kappa shape index (κ1) is 17.0. The molecule has 2 rings (SSSR count). The molecular formula is C16H30N2O2S. The molecule has 0 bridgehead atoms. The third kappa shape index (κ3) is 4.30. The Kier molecular flexibility index (Phi) is 5.49. The minimum atomic E-state index is -3.01. The highest BCUT2D eigenvalue weighted by molar-refractivity contribution is 7.88. The number of hydrogen-bond acceptors (Lipinski definition) is 3. The molecule has 1 fully saturated rings. The summed E-state index contributed by atoms with van der Waals surface area (Å²) in [4.78, 5) is 2.46. The van der Waals surface area contributed by atoms with Crippen molar-refractivity contribution in [2.45, 2.75) is 45.6 Å². The monoisotopic (exact) mass is 314 g/mol. The number of piperidine rings is 1. The molecule has 0 N–H and O–H groups in total. The second-order valence-corrected chi connectivity index (χ2v) is 8.92. The van der Waals surface area contributed by atoms with Crippen LogP contribution >= 0.6 is 0 Å². The third-order valence-corrected chi connectivity index (χ3v) is 6.66. The molecule has 122 valence electrons. The molecule has 0 amide bonds. The minimum Gasteiger partial charge on any atom is -0.303 e. The van der Waals surface area contributed by atoms with Gasteiger partial charge in [-0.15, -0.1) is 0 Å². The zero-order valence-corrected chi connectivity index (χ0v) is 14.7. The van der Waals surface area contributed by atoms with Gasteiger partial charge in [-0.2, -0.15) is 0 Å². The van der Waals surface area contributed by atoms with Crippen LogP contribution in [0.15, 0.2) is 11.6 Å². The van der Waals surface area contributed by atoms with E-state index in [4.69, 9.17) is 0 Å². The normalized spacial score (nSPS) is 29.7. The summed E-state index contributed by atoms with van der Waals surface area (Å²) in [5, 5.41) is 0. The van der Waals surface area contributed by atoms with Crippen LogP contribution in [-0.2, 0) is 10.0 Å². The predicted molar refractivity (Wildman–Crippen MR) is 87.7 cm³/mol. The molecule has 5 heteroatoms. The van der Waals surface area contributed by atoms with Gasteiger partial charge in [0.05, 0.1) is 6.26 Å². The molecule has 1 saturated heterocycles. The first-order valence-electron chi connectivity index (χ1n) is 8.11. The van der Waals surface area contributed by atoms with Gasteiger partial charge in [-0.25, -0.2) is 12.7 Å². The highest BCUT2D eigenvalue weighted by Gasteiger charge is 2.30. The van der Waals surface area contributed by atoms with Gasteiger partial charge in [0.15, 0.2) is 0 Å². The molecular weight excluding hydrogens is 284 g/mol. The van der Waals surface area contributed by atoms with Crippen LogP contribution in [0.1, 0.15) is 39.5 Å². The lowest BCUT2D eigenvalue weighted by molar-refractivity contribution is 0.139. The van der Waals surface area contributed by atoms with Crippen molar-refractivity contribution in [3.8, 4) is 0 Å². The van der Waals surface area contributed by atoms with Gasteiger partial charge >= 0.3 is 0 Å². The number of rotatable bonds is 4. The van der Waals surface area contributed by atoms with Crippen LogP contribution in [-0.4, -0.2) is 56.6 Å². The van der Waals surface area contributed by atoms with E-state index in [-0.39, 0.29) is 0 Å². The lowest BCUT2D eigenvalue weighted by atomic mass is 9.79. The fourth-order valence-electron chi connectivity index (χ4n) is 3.77. The Morgan fingerprint density at radius 2 is 1.90 bits per heavy atom. The summed E-state index contributed by atoms with van der Waals surface area (Å²) < 4.78 is 24.8. The molecule has 1 aliphatic carbocycles. The number of allylic oxidation sites excluding steroid dienone is 1. The third-order valence-electron chi connectivity index (χ3n) is 5.36. The first-order valence-corrected chi connectivity index (χ1v) is 9.96. The first-order chi connectivity index (χ1) is 9.79. The maximum absolute atomic E-state index is 11.6. The van der Waals surface area contributed by atoms with Crippen LogP contribution < -0.4 is 0 Å². The van der Waals surface area contributed by atoms with Crippen LogP contribution in [0.2, 0.25) is 0 Å². The van der Waals surface area contributed by atoms with Crippen molar-refractivity contribution in [1.29, 1.82) is 0 Å². The zero-order valence-electron chi connectivity index (χ0n) is 13.9. The van der Waals surface area contributed by atoms with E-state index in [1.165, 1.54) is 24.7 Å². The maximum Gasteiger partial charge on any atom is 0.211 e. The lowest BCUT2D eigenvalue weighted by Gasteiger charge is -2.39. The second kappa shape index (κ2) is 6.80. The summed E-state index contributed by atoms with van der Waals surface area (Å²) >= 11 is 0. The van der Waals surface area contributed by atoms with Gasteiger partial charge in [0, 0.05) is 25.7 Å². The van der Waals surface area contributed by atoms with Gasteiger partial charge in [-0.3, -0.25) is 0 Å². The van der Waals surface area contributed by atoms with Crippen molar-refractivity contribution in [2.24, 2.45) is 11.8 Å². The lowest BCUT2D eigenvalue weighted by Crippen LogP contribution is -2.47. The topological polar surface area (TPSA) is 40.6 Å². The van der Waals surface area contributed by atoms with Crippen LogP contribution in [0.4, 0.5) is 0 Å². The Morgan fingerprint density at radius 3 is 2.43 bits per heavy atom. The molecule has 0 saturated carbocycles. The zero-order chi connectivity index (χ0) is 15.6. The SMILES string of the molecule is CC1=CCC[C@@H](C)[C@@H]1CN(C)C1CCN(S(C)(=O)=O)CC1. The van der Waals surface area contributed by atoms with Crippen molar-refractivity contribution >= 4 is 10.0 Å². The number of nitrogens with zero attached hydrogens (tertiary/aromatic N) is 2. The summed E-state index contributed by atoms with van der Waals surface area (Å²) in [6.07, 6.45) is 8.13. The summed E-state index contributed by atoms with van der Waals surface area (Å²) in [6, 6.07) is 0.518. The fourth-order valence-corrected chi connectivity index (χ4v) is 4.65. The number of hydrogen-bond donors (Lipinski definition) is 0. The van der Waals surface area contributed by atoms with E-state index in [1.807, 2.05) is 0 Å². The van der Waals surface area contributed by atoms with Crippen molar-refractivity contribution < 1.29 is 8.42 Å². The highest BCUT2D eigenvalue weighted by atomic mass is 32.2. The molecule has 0 aromatic carbocycles. The van der Waals surface area contributed by atoms with E-state index >= 15 is 0 Å². The summed E-state index contributed by atoms with van der Waals surface area (Å²) in [6.45, 7) is 7.07. The summed E-state index contributed by atoms with van der Waals surface area (Å²) in [5.74, 6) is 1.42. The predicted octanol–water partition coefficient (Wildman–Crippen LogP) is 2.33. The Hall–Kier alpha value is -0.390. The number of sulfonamides is 1. The van der Waals surface area contributed by atoms with Gasteiger partial charge in [-0.1, -0.05) is 18.6 Å². The minimum absolute atomic E-state index is 0.518. The van der Waals surface area contributed by atoms with Crippen LogP contribution in [0.3, 0.4) is 0 Å². The summed E-state index contributed by atoms with van der Waals surface area (Å²) in [5.41, 5.74) is 1.54. The average Bonchev–Trinajstić information content (AvgIpc) is 2.42. The van der Waals surface area contributed by atoms with Crippen LogP contribution in [0.5, 0.6) is 0 Å². The molecule has 0 spiro atoms. The molecule has 0 radical (unpaired) electrons.